The van der Waals surface area contributed by atoms with Gasteiger partial charge in [-0.05, 0) is 19.9 Å². The van der Waals surface area contributed by atoms with Crippen LogP contribution in [0.1, 0.15) is 142 Å². The maximum atomic E-state index is 11.3. The van der Waals surface area contributed by atoms with Crippen molar-refractivity contribution in [1.82, 2.24) is 5.32 Å². The molecule has 0 spiro atoms. The molecule has 0 aromatic carbocycles. The summed E-state index contributed by atoms with van der Waals surface area (Å²) in [5.74, 6) is -0.310. The molecule has 0 aliphatic carbocycles. The van der Waals surface area contributed by atoms with Crippen LogP contribution in [0.2, 0.25) is 0 Å². The topological polar surface area (TPSA) is 77.0 Å². The van der Waals surface area contributed by atoms with E-state index < -0.39 is 8.60 Å². The molecule has 0 bridgehead atoms. The van der Waals surface area contributed by atoms with Gasteiger partial charge in [-0.25, -0.2) is 0 Å². The van der Waals surface area contributed by atoms with Gasteiger partial charge in [-0.3, -0.25) is 4.79 Å². The Morgan fingerprint density at radius 1 is 0.743 bits per heavy atom. The van der Waals surface area contributed by atoms with E-state index >= 15 is 0 Å². The van der Waals surface area contributed by atoms with Gasteiger partial charge in [0.2, 0.25) is 0 Å². The molecule has 0 rings (SSSR count). The number of esters is 1. The van der Waals surface area contributed by atoms with E-state index in [1.807, 2.05) is 7.05 Å². The van der Waals surface area contributed by atoms with Crippen LogP contribution in [0.15, 0.2) is 0 Å². The van der Waals surface area contributed by atoms with Crippen LogP contribution in [0.25, 0.3) is 0 Å². The molecule has 0 aromatic rings. The van der Waals surface area contributed by atoms with Crippen molar-refractivity contribution in [3.8, 4) is 0 Å². The van der Waals surface area contributed by atoms with E-state index in [0.717, 1.165) is 19.3 Å². The summed E-state index contributed by atoms with van der Waals surface area (Å²) in [4.78, 5) is 21.1. The number of hydrogen-bond acceptors (Lipinski definition) is 6. The Labute approximate surface area is 218 Å². The van der Waals surface area contributed by atoms with Crippen LogP contribution < -0.4 is 5.32 Å². The molecular weight excluding hydrogens is 461 g/mol. The highest BCUT2D eigenvalue weighted by atomic mass is 31.2. The minimum absolute atomic E-state index is 0.181. The summed E-state index contributed by atoms with van der Waals surface area (Å²) in [5.41, 5.74) is 0. The normalized spacial score (nSPS) is 13.1. The number of rotatable bonds is 28. The van der Waals surface area contributed by atoms with Crippen molar-refractivity contribution in [2.75, 3.05) is 26.8 Å². The smallest absolute Gasteiger partial charge is 0.330 e. The first-order chi connectivity index (χ1) is 17.1. The molecule has 0 amide bonds. The van der Waals surface area contributed by atoms with Gasteiger partial charge in [0.25, 0.3) is 0 Å². The van der Waals surface area contributed by atoms with Gasteiger partial charge in [0.05, 0.1) is 13.2 Å². The molecule has 0 aliphatic rings. The van der Waals surface area contributed by atoms with Crippen molar-refractivity contribution in [2.24, 2.45) is 0 Å². The third-order valence-corrected chi connectivity index (χ3v) is 7.16. The summed E-state index contributed by atoms with van der Waals surface area (Å²) in [6, 6.07) is 0. The van der Waals surface area contributed by atoms with E-state index in [4.69, 9.17) is 13.8 Å². The van der Waals surface area contributed by atoms with E-state index in [1.54, 1.807) is 0 Å². The first-order valence-corrected chi connectivity index (χ1v) is 15.8. The molecule has 0 saturated heterocycles. The highest BCUT2D eigenvalue weighted by Crippen LogP contribution is 2.33. The first kappa shape index (κ1) is 34.7. The lowest BCUT2D eigenvalue weighted by atomic mass is 10.0. The number of carbonyl (C=O) groups excluding carboxylic acids is 1. The van der Waals surface area contributed by atoms with Gasteiger partial charge >= 0.3 is 14.6 Å². The summed E-state index contributed by atoms with van der Waals surface area (Å²) in [5, 5.41) is 2.94. The van der Waals surface area contributed by atoms with Gasteiger partial charge in [-0.1, -0.05) is 122 Å². The summed E-state index contributed by atoms with van der Waals surface area (Å²) >= 11 is 0. The predicted octanol–water partition coefficient (Wildman–Crippen LogP) is 8.21. The number of ether oxygens (including phenoxy) is 1. The Morgan fingerprint density at radius 3 is 1.57 bits per heavy atom. The fourth-order valence-electron chi connectivity index (χ4n) is 4.27. The molecule has 0 heterocycles. The van der Waals surface area contributed by atoms with Crippen LogP contribution in [0.3, 0.4) is 0 Å². The standard InChI is InChI=1S/C28H58NO5P/c1-4-5-6-7-8-9-10-11-12-13-14-15-16-17-18-19-20-21-22-23-28(34-27(2)30)26-33-35(31)32-25-24-29-3/h28-29,31H,4-26H2,1-3H3. The van der Waals surface area contributed by atoms with Gasteiger partial charge < -0.3 is 24.0 Å². The second kappa shape index (κ2) is 28.3. The number of unbranched alkanes of at least 4 members (excludes halogenated alkanes) is 18. The summed E-state index contributed by atoms with van der Waals surface area (Å²) in [7, 11) is -0.102. The monoisotopic (exact) mass is 519 g/mol. The van der Waals surface area contributed by atoms with Crippen LogP contribution in [0.5, 0.6) is 0 Å². The molecule has 35 heavy (non-hydrogen) atoms. The van der Waals surface area contributed by atoms with E-state index in [1.165, 1.54) is 116 Å². The lowest BCUT2D eigenvalue weighted by molar-refractivity contribution is -0.148. The molecule has 0 aliphatic heterocycles. The van der Waals surface area contributed by atoms with Crippen molar-refractivity contribution in [1.29, 1.82) is 0 Å². The van der Waals surface area contributed by atoms with Crippen LogP contribution >= 0.6 is 8.60 Å². The van der Waals surface area contributed by atoms with Gasteiger partial charge in [-0.2, -0.15) is 0 Å². The Morgan fingerprint density at radius 2 is 1.17 bits per heavy atom. The fraction of sp³-hybridized carbons (Fsp3) is 0.964. The van der Waals surface area contributed by atoms with Crippen LogP contribution in [0.4, 0.5) is 0 Å². The second-order valence-electron chi connectivity index (χ2n) is 9.85. The zero-order valence-corrected chi connectivity index (χ0v) is 24.3. The maximum Gasteiger partial charge on any atom is 0.330 e. The fourth-order valence-corrected chi connectivity index (χ4v) is 4.89. The highest BCUT2D eigenvalue weighted by Gasteiger charge is 2.16. The molecule has 7 heteroatoms. The van der Waals surface area contributed by atoms with Crippen molar-refractivity contribution >= 4 is 14.6 Å². The summed E-state index contributed by atoms with van der Waals surface area (Å²) in [6.45, 7) is 4.91. The van der Waals surface area contributed by atoms with Gasteiger partial charge in [0.15, 0.2) is 0 Å². The van der Waals surface area contributed by atoms with Crippen molar-refractivity contribution < 1.29 is 23.5 Å². The summed E-state index contributed by atoms with van der Waals surface area (Å²) < 4.78 is 15.8. The zero-order valence-electron chi connectivity index (χ0n) is 23.4. The molecule has 0 radical (unpaired) electrons. The molecule has 0 saturated carbocycles. The largest absolute Gasteiger partial charge is 0.460 e. The predicted molar refractivity (Wildman–Crippen MR) is 149 cm³/mol. The lowest BCUT2D eigenvalue weighted by Crippen LogP contribution is -2.22. The molecule has 6 nitrogen and oxygen atoms in total. The van der Waals surface area contributed by atoms with E-state index in [9.17, 15) is 9.69 Å². The molecular formula is C28H58NO5P. The maximum absolute atomic E-state index is 11.3. The zero-order chi connectivity index (χ0) is 25.8. The Hall–Kier alpha value is -0.260. The average molecular weight is 520 g/mol. The Bertz CT molecular complexity index is 442. The van der Waals surface area contributed by atoms with Crippen molar-refractivity contribution in [3.05, 3.63) is 0 Å². The van der Waals surface area contributed by atoms with E-state index in [0.29, 0.717) is 13.2 Å². The SMILES string of the molecule is CCCCCCCCCCCCCCCCCCCCCC(COP(O)OCCNC)OC(C)=O. The van der Waals surface area contributed by atoms with Crippen molar-refractivity contribution in [3.63, 3.8) is 0 Å². The van der Waals surface area contributed by atoms with E-state index in [-0.39, 0.29) is 18.7 Å². The molecule has 2 N–H and O–H groups in total. The number of nitrogens with one attached hydrogen (secondary N) is 1. The quantitative estimate of drug-likeness (QED) is 0.0616. The Kier molecular flexibility index (Phi) is 28.1. The molecule has 2 unspecified atom stereocenters. The molecule has 2 atom stereocenters. The van der Waals surface area contributed by atoms with Gasteiger partial charge in [0.1, 0.15) is 6.10 Å². The summed E-state index contributed by atoms with van der Waals surface area (Å²) in [6.07, 6.45) is 26.2. The van der Waals surface area contributed by atoms with Crippen LogP contribution in [0, 0.1) is 0 Å². The van der Waals surface area contributed by atoms with Gasteiger partial charge in [0, 0.05) is 13.5 Å². The number of carbonyl (C=O) groups is 1. The molecule has 0 fully saturated rings. The first-order valence-electron chi connectivity index (χ1n) is 14.7. The minimum Gasteiger partial charge on any atom is -0.460 e. The third kappa shape index (κ3) is 28.2. The van der Waals surface area contributed by atoms with Crippen molar-refractivity contribution in [2.45, 2.75) is 148 Å². The number of hydrogen-bond donors (Lipinski definition) is 2. The minimum atomic E-state index is -1.92. The molecule has 0 aromatic heterocycles. The third-order valence-electron chi connectivity index (χ3n) is 6.39. The average Bonchev–Trinajstić information content (AvgIpc) is 2.83. The van der Waals surface area contributed by atoms with Crippen LogP contribution in [-0.4, -0.2) is 43.8 Å². The Balaban J connectivity index is 3.47. The lowest BCUT2D eigenvalue weighted by Gasteiger charge is -2.18. The van der Waals surface area contributed by atoms with Crippen LogP contribution in [-0.2, 0) is 18.6 Å². The second-order valence-corrected chi connectivity index (χ2v) is 10.8. The van der Waals surface area contributed by atoms with Gasteiger partial charge in [-0.15, -0.1) is 0 Å². The number of likely N-dealkylation sites (N-methyl/N-ethyl adjacent to an activating group) is 1. The van der Waals surface area contributed by atoms with E-state index in [2.05, 4.69) is 12.2 Å². The highest BCUT2D eigenvalue weighted by molar-refractivity contribution is 7.40. The molecule has 210 valence electrons.